The van der Waals surface area contributed by atoms with E-state index in [1.807, 2.05) is 0 Å². The second-order valence-corrected chi connectivity index (χ2v) is 4.52. The molecule has 0 saturated carbocycles. The van der Waals surface area contributed by atoms with Crippen molar-refractivity contribution in [2.45, 2.75) is 0 Å². The van der Waals surface area contributed by atoms with Crippen LogP contribution in [0.25, 0.3) is 0 Å². The third-order valence-corrected chi connectivity index (χ3v) is 2.83. The second-order valence-electron chi connectivity index (χ2n) is 0.885. The molecule has 12 heteroatoms. The third-order valence-electron chi connectivity index (χ3n) is 0.167. The molecule has 7 nitrogen and oxygen atoms in total. The Kier molecular flexibility index (Phi) is 20.5. The van der Waals surface area contributed by atoms with Crippen LogP contribution in [-0.2, 0) is 45.3 Å². The summed E-state index contributed by atoms with van der Waals surface area (Å²) in [5.41, 5.74) is 0. The van der Waals surface area contributed by atoms with Crippen LogP contribution in [0.15, 0.2) is 0 Å². The second kappa shape index (κ2) is 9.90. The van der Waals surface area contributed by atoms with E-state index in [4.69, 9.17) is 0 Å². The summed E-state index contributed by atoms with van der Waals surface area (Å²) in [4.78, 5) is 0. The molecule has 0 fully saturated rings. The summed E-state index contributed by atoms with van der Waals surface area (Å²) in [6.07, 6.45) is 0. The van der Waals surface area contributed by atoms with E-state index >= 15 is 0 Å². The van der Waals surface area contributed by atoms with E-state index in [0.717, 1.165) is 0 Å². The van der Waals surface area contributed by atoms with E-state index in [1.165, 1.54) is 0 Å². The first-order valence-corrected chi connectivity index (χ1v) is 5.50. The molecule has 0 amide bonds. The Morgan fingerprint density at radius 1 is 0.833 bits per heavy atom. The monoisotopic (exact) mass is 330 g/mol. The Labute approximate surface area is 164 Å². The number of hydrogen-bond acceptors (Lipinski definition) is 7. The summed E-state index contributed by atoms with van der Waals surface area (Å²) < 4.78 is 58.9. The number of halogens is 1. The van der Waals surface area contributed by atoms with Gasteiger partial charge < -0.3 is 0 Å². The predicted octanol–water partition coefficient (Wildman–Crippen LogP) is -8.50. The summed E-state index contributed by atoms with van der Waals surface area (Å²) in [7, 11) is 0. The third kappa shape index (κ3) is 23.5. The van der Waals surface area contributed by atoms with Crippen LogP contribution in [0.2, 0.25) is 0 Å². The van der Waals surface area contributed by atoms with Gasteiger partial charge in [0, 0.05) is 0 Å². The molecule has 0 atom stereocenters. The van der Waals surface area contributed by atoms with Gasteiger partial charge in [-0.3, -0.25) is 0 Å². The summed E-state index contributed by atoms with van der Waals surface area (Å²) in [6, 6.07) is 0. The van der Waals surface area contributed by atoms with E-state index in [0.29, 0.717) is 0 Å². The van der Waals surface area contributed by atoms with Crippen LogP contribution in [0.3, 0.4) is 0 Å². The molecule has 0 N–H and O–H groups in total. The predicted molar refractivity (Wildman–Crippen MR) is 11.1 cm³/mol. The molecule has 0 heterocycles. The minimum absolute atomic E-state index is 0. The first kappa shape index (κ1) is 24.8. The molecule has 12 heavy (non-hydrogen) atoms. The Balaban J connectivity index is -0.000000107. The van der Waals surface area contributed by atoms with Crippen LogP contribution in [0.5, 0.6) is 0 Å². The molecule has 0 radical (unpaired) electrons. The molecule has 0 aromatic rings. The molecule has 0 rings (SSSR count). The van der Waals surface area contributed by atoms with Gasteiger partial charge in [0.15, 0.2) is 0 Å². The van der Waals surface area contributed by atoms with E-state index in [9.17, 15) is 23.5 Å². The van der Waals surface area contributed by atoms with Crippen molar-refractivity contribution in [2.75, 3.05) is 0 Å². The van der Waals surface area contributed by atoms with Crippen LogP contribution in [0.1, 0.15) is 0 Å². The average molecular weight is 331 g/mol. The Bertz CT molecular complexity index is 245. The van der Waals surface area contributed by atoms with Gasteiger partial charge in [0.2, 0.25) is 0 Å². The summed E-state index contributed by atoms with van der Waals surface area (Å²) >= 11 is -12.1. The van der Waals surface area contributed by atoms with Gasteiger partial charge in [-0.05, 0) is 0 Å². The molecular formula is HClCr2K2O7. The van der Waals surface area contributed by atoms with Crippen LogP contribution >= 0.6 is 12.4 Å². The zero-order valence-electron chi connectivity index (χ0n) is 6.08. The van der Waals surface area contributed by atoms with Crippen molar-refractivity contribution in [2.24, 2.45) is 0 Å². The van der Waals surface area contributed by atoms with Gasteiger partial charge in [0.25, 0.3) is 0 Å². The molecule has 0 bridgehead atoms. The zero-order valence-corrected chi connectivity index (χ0v) is 15.7. The van der Waals surface area contributed by atoms with Crippen molar-refractivity contribution < 1.29 is 156 Å². The molecule has 0 aromatic heterocycles. The van der Waals surface area contributed by atoms with Gasteiger partial charge in [0.1, 0.15) is 0 Å². The van der Waals surface area contributed by atoms with Gasteiger partial charge in [-0.15, -0.1) is 12.4 Å². The normalized spacial score (nSPS) is 10.2. The average Bonchev–Trinajstić information content (AvgIpc) is 1.14. The van der Waals surface area contributed by atoms with E-state index in [1.54, 1.807) is 0 Å². The molecule has 0 spiro atoms. The van der Waals surface area contributed by atoms with Gasteiger partial charge in [-0.1, -0.05) is 0 Å². The fraction of sp³-hybridized carbons (Fsp3) is 0. The van der Waals surface area contributed by atoms with E-state index in [-0.39, 0.29) is 115 Å². The van der Waals surface area contributed by atoms with Crippen LogP contribution in [-0.4, -0.2) is 0 Å². The Hall–Kier alpha value is 3.71. The standard InChI is InChI=1S/ClH.2Cr.2K.7O/h1H;;;;;;;;;;;/q;;;2*+1;;;;;;2*-1. The molecule has 0 aliphatic carbocycles. The maximum atomic E-state index is 9.38. The topological polar surface area (TPSA) is 124 Å². The van der Waals surface area contributed by atoms with E-state index in [2.05, 4.69) is 2.84 Å². The van der Waals surface area contributed by atoms with Gasteiger partial charge in [-0.25, -0.2) is 0 Å². The minimum atomic E-state index is -6.07. The molecule has 0 aliphatic heterocycles. The number of rotatable bonds is 2. The van der Waals surface area contributed by atoms with Crippen LogP contribution in [0.4, 0.5) is 0 Å². The summed E-state index contributed by atoms with van der Waals surface area (Å²) in [5.74, 6) is 0. The Morgan fingerprint density at radius 2 is 1.00 bits per heavy atom. The summed E-state index contributed by atoms with van der Waals surface area (Å²) in [5, 5.41) is 0. The van der Waals surface area contributed by atoms with Crippen LogP contribution in [0, 0.1) is 0 Å². The van der Waals surface area contributed by atoms with E-state index < -0.39 is 27.2 Å². The molecule has 64 valence electrons. The first-order valence-electron chi connectivity index (χ1n) is 1.33. The molecule has 0 aliphatic rings. The first-order chi connectivity index (χ1) is 3.71. The van der Waals surface area contributed by atoms with Crippen molar-refractivity contribution in [3.05, 3.63) is 0 Å². The van der Waals surface area contributed by atoms with Crippen molar-refractivity contribution in [3.63, 3.8) is 0 Å². The molecule has 0 saturated heterocycles. The quantitative estimate of drug-likeness (QED) is 0.460. The van der Waals surface area contributed by atoms with Gasteiger partial charge in [-0.2, -0.15) is 0 Å². The van der Waals surface area contributed by atoms with Crippen molar-refractivity contribution in [3.8, 4) is 0 Å². The van der Waals surface area contributed by atoms with Crippen molar-refractivity contribution in [1.29, 1.82) is 0 Å². The summed E-state index contributed by atoms with van der Waals surface area (Å²) in [6.45, 7) is 0. The van der Waals surface area contributed by atoms with Crippen molar-refractivity contribution >= 4 is 12.4 Å². The van der Waals surface area contributed by atoms with Crippen molar-refractivity contribution in [1.82, 2.24) is 0 Å². The SMILES string of the molecule is Cl.[K+].[K+].[O]=[Cr](=[O])([O-])[O][Cr](=[O])(=[O])[O-]. The maximum absolute atomic E-state index is 9.38. The fourth-order valence-corrected chi connectivity index (χ4v) is 1.74. The zero-order chi connectivity index (χ0) is 7.71. The fourth-order valence-electron chi connectivity index (χ4n) is 0.102. The molecule has 0 unspecified atom stereocenters. The Morgan fingerprint density at radius 3 is 1.00 bits per heavy atom. The molecule has 0 aromatic carbocycles. The van der Waals surface area contributed by atoms with Gasteiger partial charge >= 0.3 is 156 Å². The van der Waals surface area contributed by atoms with Crippen LogP contribution < -0.4 is 111 Å². The molecular weight excluding hydrogens is 330 g/mol. The number of hydrogen-bond donors (Lipinski definition) is 0. The van der Waals surface area contributed by atoms with Gasteiger partial charge in [0.05, 0.1) is 0 Å².